The summed E-state index contributed by atoms with van der Waals surface area (Å²) in [5.74, 6) is 0. The SMILES string of the molecule is CC(C)(C)c1cc2ccc3cc(C(C)(C)C)cc4c(Br)cc(c1)c2c34.Cc1cc2cc(C)c(B3OC(C)(C)C(C)(C)O3)cc2cc1B1OC(C)(C)C(C)(C)O1. The van der Waals surface area contributed by atoms with Crippen molar-refractivity contribution < 1.29 is 18.6 Å². The number of hydrogen-bond donors (Lipinski definition) is 0. The van der Waals surface area contributed by atoms with Crippen LogP contribution in [-0.4, -0.2) is 36.6 Å². The standard InChI is InChI=1S/C24H34B2O4.C24H25Br/c1-15-11-17-12-16(2)20(26-29-23(7,8)24(9,10)30-26)14-18(17)13-19(15)25-27-21(3,4)22(5,6)28-25;1-23(2,3)17-9-14-7-8-15-10-18(24(4,5)6)13-19-20(25)12-16(11-17)21(14)22(15)19/h11-14H,1-10H3;7-13H,1-6H3. The van der Waals surface area contributed by atoms with Crippen molar-refractivity contribution in [2.45, 2.75) is 144 Å². The largest absolute Gasteiger partial charge is 0.495 e. The van der Waals surface area contributed by atoms with E-state index in [1.54, 1.807) is 0 Å². The van der Waals surface area contributed by atoms with Gasteiger partial charge in [-0.05, 0) is 157 Å². The molecule has 0 N–H and O–H groups in total. The highest BCUT2D eigenvalue weighted by Crippen LogP contribution is 2.43. The first kappa shape index (κ1) is 40.3. The number of hydrogen-bond acceptors (Lipinski definition) is 4. The van der Waals surface area contributed by atoms with Crippen molar-refractivity contribution in [3.8, 4) is 0 Å². The summed E-state index contributed by atoms with van der Waals surface area (Å²) in [6.07, 6.45) is 0. The fraction of sp³-hybridized carbons (Fsp3) is 0.458. The minimum atomic E-state index is -0.374. The zero-order valence-corrected chi connectivity index (χ0v) is 37.6. The average Bonchev–Trinajstić information content (AvgIpc) is 3.41. The van der Waals surface area contributed by atoms with Gasteiger partial charge >= 0.3 is 14.2 Å². The van der Waals surface area contributed by atoms with E-state index in [-0.39, 0.29) is 47.5 Å². The molecule has 2 aliphatic rings. The third-order valence-electron chi connectivity index (χ3n) is 13.0. The molecule has 8 rings (SSSR count). The van der Waals surface area contributed by atoms with Gasteiger partial charge in [0.15, 0.2) is 0 Å². The van der Waals surface area contributed by atoms with Crippen molar-refractivity contribution >= 4 is 84.2 Å². The van der Waals surface area contributed by atoms with E-state index in [9.17, 15) is 0 Å². The zero-order chi connectivity index (χ0) is 40.4. The van der Waals surface area contributed by atoms with Gasteiger partial charge in [0.05, 0.1) is 22.4 Å². The molecule has 2 heterocycles. The molecule has 0 bridgehead atoms. The Kier molecular flexibility index (Phi) is 9.55. The third-order valence-corrected chi connectivity index (χ3v) is 13.6. The number of fused-ring (bicyclic) bond motifs is 1. The van der Waals surface area contributed by atoms with Gasteiger partial charge in [-0.1, -0.05) is 123 Å². The highest BCUT2D eigenvalue weighted by Gasteiger charge is 2.53. The molecular weight excluding hydrogens is 742 g/mol. The molecule has 0 aromatic heterocycles. The van der Waals surface area contributed by atoms with E-state index in [0.717, 1.165) is 16.3 Å². The first-order valence-corrected chi connectivity index (χ1v) is 20.7. The Morgan fingerprint density at radius 1 is 0.455 bits per heavy atom. The Morgan fingerprint density at radius 2 is 0.818 bits per heavy atom. The number of aryl methyl sites for hydroxylation is 2. The van der Waals surface area contributed by atoms with Crippen molar-refractivity contribution in [1.82, 2.24) is 0 Å². The topological polar surface area (TPSA) is 36.9 Å². The lowest BCUT2D eigenvalue weighted by Gasteiger charge is -2.32. The molecule has 0 aliphatic carbocycles. The summed E-state index contributed by atoms with van der Waals surface area (Å²) in [6.45, 7) is 34.6. The molecule has 288 valence electrons. The van der Waals surface area contributed by atoms with Gasteiger partial charge in [0.25, 0.3) is 0 Å². The van der Waals surface area contributed by atoms with Gasteiger partial charge in [-0.15, -0.1) is 0 Å². The zero-order valence-electron chi connectivity index (χ0n) is 36.0. The lowest BCUT2D eigenvalue weighted by atomic mass is 9.72. The van der Waals surface area contributed by atoms with Gasteiger partial charge in [-0.25, -0.2) is 0 Å². The molecule has 4 nitrogen and oxygen atoms in total. The smallest absolute Gasteiger partial charge is 0.399 e. The first-order chi connectivity index (χ1) is 25.2. The molecule has 6 aromatic rings. The quantitative estimate of drug-likeness (QED) is 0.129. The Balaban J connectivity index is 0.000000172. The van der Waals surface area contributed by atoms with E-state index >= 15 is 0 Å². The average molecular weight is 802 g/mol. The molecule has 0 unspecified atom stereocenters. The van der Waals surface area contributed by atoms with Crippen LogP contribution in [0.3, 0.4) is 0 Å². The normalized spacial score (nSPS) is 19.2. The van der Waals surface area contributed by atoms with E-state index in [1.165, 1.54) is 64.4 Å². The summed E-state index contributed by atoms with van der Waals surface area (Å²) in [6, 6.07) is 25.2. The second-order valence-electron chi connectivity index (χ2n) is 20.3. The van der Waals surface area contributed by atoms with E-state index < -0.39 is 0 Å². The van der Waals surface area contributed by atoms with Crippen molar-refractivity contribution in [3.63, 3.8) is 0 Å². The van der Waals surface area contributed by atoms with Crippen LogP contribution in [-0.2, 0) is 29.4 Å². The van der Waals surface area contributed by atoms with Crippen LogP contribution < -0.4 is 10.9 Å². The number of rotatable bonds is 2. The van der Waals surface area contributed by atoms with Crippen molar-refractivity contribution in [2.24, 2.45) is 0 Å². The van der Waals surface area contributed by atoms with Gasteiger partial charge in [0, 0.05) is 4.47 Å². The minimum absolute atomic E-state index is 0.142. The Morgan fingerprint density at radius 3 is 1.24 bits per heavy atom. The van der Waals surface area contributed by atoms with Gasteiger partial charge in [0.1, 0.15) is 0 Å². The fourth-order valence-electron chi connectivity index (χ4n) is 7.81. The molecule has 2 aliphatic heterocycles. The third kappa shape index (κ3) is 7.05. The van der Waals surface area contributed by atoms with Crippen LogP contribution in [0.1, 0.15) is 119 Å². The van der Waals surface area contributed by atoms with E-state index in [0.29, 0.717) is 0 Å². The van der Waals surface area contributed by atoms with Crippen LogP contribution in [0.5, 0.6) is 0 Å². The van der Waals surface area contributed by atoms with Crippen molar-refractivity contribution in [1.29, 1.82) is 0 Å². The first-order valence-electron chi connectivity index (χ1n) is 19.9. The molecule has 7 heteroatoms. The Hall–Kier alpha value is -2.93. The second kappa shape index (κ2) is 13.0. The monoisotopic (exact) mass is 800 g/mol. The predicted octanol–water partition coefficient (Wildman–Crippen LogP) is 12.0. The molecule has 2 fully saturated rings. The maximum absolute atomic E-state index is 6.32. The summed E-state index contributed by atoms with van der Waals surface area (Å²) in [7, 11) is -0.748. The number of benzene rings is 6. The fourth-order valence-corrected chi connectivity index (χ4v) is 8.36. The van der Waals surface area contributed by atoms with Crippen LogP contribution >= 0.6 is 15.9 Å². The van der Waals surface area contributed by atoms with Crippen LogP contribution in [0.15, 0.2) is 71.2 Å². The van der Waals surface area contributed by atoms with Gasteiger partial charge in [-0.2, -0.15) is 0 Å². The summed E-state index contributed by atoms with van der Waals surface area (Å²) in [5.41, 5.74) is 6.11. The van der Waals surface area contributed by atoms with Crippen LogP contribution in [0.4, 0.5) is 0 Å². The molecule has 0 atom stereocenters. The van der Waals surface area contributed by atoms with Gasteiger partial charge in [-0.3, -0.25) is 0 Å². The second-order valence-corrected chi connectivity index (χ2v) is 21.1. The van der Waals surface area contributed by atoms with Gasteiger partial charge < -0.3 is 18.6 Å². The highest BCUT2D eigenvalue weighted by molar-refractivity contribution is 9.10. The Bertz CT molecular complexity index is 2360. The van der Waals surface area contributed by atoms with E-state index in [2.05, 4.69) is 193 Å². The van der Waals surface area contributed by atoms with Gasteiger partial charge in [0.2, 0.25) is 0 Å². The molecule has 0 amide bonds. The minimum Gasteiger partial charge on any atom is -0.399 e. The molecule has 0 saturated carbocycles. The summed E-state index contributed by atoms with van der Waals surface area (Å²) in [4.78, 5) is 0. The summed E-state index contributed by atoms with van der Waals surface area (Å²) >= 11 is 3.85. The van der Waals surface area contributed by atoms with E-state index in [4.69, 9.17) is 18.6 Å². The lowest BCUT2D eigenvalue weighted by molar-refractivity contribution is 0.00578. The highest BCUT2D eigenvalue weighted by atomic mass is 79.9. The Labute approximate surface area is 338 Å². The molecule has 0 spiro atoms. The molecular formula is C48H59B2BrO4. The maximum Gasteiger partial charge on any atom is 0.495 e. The maximum atomic E-state index is 6.32. The lowest BCUT2D eigenvalue weighted by Crippen LogP contribution is -2.41. The van der Waals surface area contributed by atoms with Crippen molar-refractivity contribution in [3.05, 3.63) is 93.5 Å². The summed E-state index contributed by atoms with van der Waals surface area (Å²) in [5, 5.41) is 10.5. The van der Waals surface area contributed by atoms with E-state index in [1.807, 2.05) is 0 Å². The summed E-state index contributed by atoms with van der Waals surface area (Å²) < 4.78 is 26.5. The van der Waals surface area contributed by atoms with Crippen LogP contribution in [0.2, 0.25) is 0 Å². The molecule has 6 aromatic carbocycles. The molecule has 2 saturated heterocycles. The number of halogens is 1. The molecule has 0 radical (unpaired) electrons. The molecule has 55 heavy (non-hydrogen) atoms. The van der Waals surface area contributed by atoms with Crippen molar-refractivity contribution in [2.75, 3.05) is 0 Å². The van der Waals surface area contributed by atoms with Crippen LogP contribution in [0.25, 0.3) is 43.1 Å². The predicted molar refractivity (Wildman–Crippen MR) is 240 cm³/mol. The van der Waals surface area contributed by atoms with Crippen LogP contribution in [0, 0.1) is 13.8 Å².